The molecule has 0 saturated carbocycles. The lowest BCUT2D eigenvalue weighted by Crippen LogP contribution is -2.19. The number of aliphatic hydroxyl groups excluding tert-OH is 1. The Morgan fingerprint density at radius 1 is 1.09 bits per heavy atom. The van der Waals surface area contributed by atoms with Crippen molar-refractivity contribution in [3.63, 3.8) is 0 Å². The largest absolute Gasteiger partial charge is 0.511 e. The van der Waals surface area contributed by atoms with Crippen molar-refractivity contribution in [2.75, 3.05) is 0 Å². The quantitative estimate of drug-likeness (QED) is 0.679. The first kappa shape index (κ1) is 15.4. The second kappa shape index (κ2) is 6.34. The third-order valence-electron chi connectivity index (χ3n) is 3.84. The third-order valence-corrected chi connectivity index (χ3v) is 4.15. The van der Waals surface area contributed by atoms with Crippen LogP contribution < -0.4 is 0 Å². The molecule has 0 unspecified atom stereocenters. The minimum atomic E-state index is -0.515. The highest BCUT2D eigenvalue weighted by atomic mass is 35.5. The summed E-state index contributed by atoms with van der Waals surface area (Å²) in [6.07, 6.45) is 4.53. The molecule has 1 aliphatic rings. The first-order valence-corrected chi connectivity index (χ1v) is 7.65. The van der Waals surface area contributed by atoms with Crippen molar-refractivity contribution in [2.24, 2.45) is 0 Å². The number of allylic oxidation sites excluding steroid dienone is 2. The Morgan fingerprint density at radius 2 is 1.83 bits per heavy atom. The molecule has 3 rings (SSSR count). The van der Waals surface area contributed by atoms with E-state index in [0.717, 1.165) is 11.1 Å². The number of hydrogen-bond acceptors (Lipinski definition) is 4. The smallest absolute Gasteiger partial charge is 0.201 e. The SMILES string of the molecule is O=C1CCCC(O)=C1C(=O)c1ccc(-c2ccncc2)cc1Cl. The Labute approximate surface area is 138 Å². The molecule has 0 spiro atoms. The number of rotatable bonds is 3. The van der Waals surface area contributed by atoms with Crippen molar-refractivity contribution >= 4 is 23.2 Å². The van der Waals surface area contributed by atoms with Gasteiger partial charge in [-0.25, -0.2) is 0 Å². The highest BCUT2D eigenvalue weighted by molar-refractivity contribution is 6.37. The van der Waals surface area contributed by atoms with Crippen LogP contribution in [-0.4, -0.2) is 21.7 Å². The lowest BCUT2D eigenvalue weighted by molar-refractivity contribution is -0.116. The molecule has 4 nitrogen and oxygen atoms in total. The molecule has 2 aromatic rings. The lowest BCUT2D eigenvalue weighted by atomic mass is 9.90. The molecule has 0 radical (unpaired) electrons. The maximum atomic E-state index is 12.6. The summed E-state index contributed by atoms with van der Waals surface area (Å²) in [7, 11) is 0. The average Bonchev–Trinajstić information content (AvgIpc) is 2.55. The van der Waals surface area contributed by atoms with Gasteiger partial charge in [0.25, 0.3) is 0 Å². The fraction of sp³-hybridized carbons (Fsp3) is 0.167. The fourth-order valence-electron chi connectivity index (χ4n) is 2.64. The standard InChI is InChI=1S/C18H14ClNO3/c19-14-10-12(11-6-8-20-9-7-11)4-5-13(14)18(23)17-15(21)2-1-3-16(17)22/h4-10,21H,1-3H2. The van der Waals surface area contributed by atoms with E-state index >= 15 is 0 Å². The minimum absolute atomic E-state index is 0.130. The van der Waals surface area contributed by atoms with Gasteiger partial charge in [-0.1, -0.05) is 17.7 Å². The van der Waals surface area contributed by atoms with Crippen LogP contribution in [0.15, 0.2) is 54.1 Å². The Bertz CT molecular complexity index is 812. The van der Waals surface area contributed by atoms with Gasteiger partial charge in [-0.15, -0.1) is 0 Å². The van der Waals surface area contributed by atoms with Crippen molar-refractivity contribution in [1.29, 1.82) is 0 Å². The van der Waals surface area contributed by atoms with Crippen LogP contribution in [0.25, 0.3) is 11.1 Å². The van der Waals surface area contributed by atoms with E-state index in [1.54, 1.807) is 30.6 Å². The summed E-state index contributed by atoms with van der Waals surface area (Å²) in [5.41, 5.74) is 1.87. The van der Waals surface area contributed by atoms with Crippen LogP contribution in [0.2, 0.25) is 5.02 Å². The molecule has 0 fully saturated rings. The number of benzene rings is 1. The van der Waals surface area contributed by atoms with E-state index in [1.807, 2.05) is 12.1 Å². The van der Waals surface area contributed by atoms with E-state index in [-0.39, 0.29) is 34.1 Å². The van der Waals surface area contributed by atoms with E-state index in [0.29, 0.717) is 12.8 Å². The number of nitrogens with zero attached hydrogens (tertiary/aromatic N) is 1. The monoisotopic (exact) mass is 327 g/mol. The molecule has 0 amide bonds. The van der Waals surface area contributed by atoms with E-state index in [4.69, 9.17) is 11.6 Å². The number of Topliss-reactive ketones (excluding diaryl/α,β-unsaturated/α-hetero) is 2. The van der Waals surface area contributed by atoms with Crippen molar-refractivity contribution in [3.05, 3.63) is 64.6 Å². The molecule has 0 atom stereocenters. The molecule has 0 bridgehead atoms. The van der Waals surface area contributed by atoms with Crippen LogP contribution in [0.4, 0.5) is 0 Å². The van der Waals surface area contributed by atoms with E-state index in [9.17, 15) is 14.7 Å². The molecule has 116 valence electrons. The number of aliphatic hydroxyl groups is 1. The number of carbonyl (C=O) groups excluding carboxylic acids is 2. The second-order valence-corrected chi connectivity index (χ2v) is 5.77. The highest BCUT2D eigenvalue weighted by Crippen LogP contribution is 2.29. The van der Waals surface area contributed by atoms with Crippen molar-refractivity contribution in [3.8, 4) is 11.1 Å². The van der Waals surface area contributed by atoms with Gasteiger partial charge in [0.15, 0.2) is 5.78 Å². The van der Waals surface area contributed by atoms with E-state index < -0.39 is 5.78 Å². The van der Waals surface area contributed by atoms with Gasteiger partial charge in [-0.3, -0.25) is 14.6 Å². The third kappa shape index (κ3) is 3.03. The molecule has 0 aliphatic heterocycles. The second-order valence-electron chi connectivity index (χ2n) is 5.36. The molecular formula is C18H14ClNO3. The van der Waals surface area contributed by atoms with Gasteiger partial charge in [0.05, 0.1) is 5.02 Å². The first-order chi connectivity index (χ1) is 11.1. The van der Waals surface area contributed by atoms with Gasteiger partial charge >= 0.3 is 0 Å². The zero-order valence-corrected chi connectivity index (χ0v) is 13.0. The summed E-state index contributed by atoms with van der Waals surface area (Å²) in [6.45, 7) is 0. The van der Waals surface area contributed by atoms with Crippen LogP contribution in [0, 0.1) is 0 Å². The summed E-state index contributed by atoms with van der Waals surface area (Å²) in [6, 6.07) is 8.70. The number of hydrogen-bond donors (Lipinski definition) is 1. The maximum Gasteiger partial charge on any atom is 0.201 e. The van der Waals surface area contributed by atoms with Crippen molar-refractivity contribution in [1.82, 2.24) is 4.98 Å². The zero-order valence-electron chi connectivity index (χ0n) is 12.3. The van der Waals surface area contributed by atoms with Crippen molar-refractivity contribution < 1.29 is 14.7 Å². The Morgan fingerprint density at radius 3 is 2.48 bits per heavy atom. The summed E-state index contributed by atoms with van der Waals surface area (Å²) in [4.78, 5) is 28.4. The Hall–Kier alpha value is -2.46. The van der Waals surface area contributed by atoms with Crippen LogP contribution in [0.1, 0.15) is 29.6 Å². The molecular weight excluding hydrogens is 314 g/mol. The number of aromatic nitrogens is 1. The summed E-state index contributed by atoms with van der Waals surface area (Å²) in [5, 5.41) is 10.1. The summed E-state index contributed by atoms with van der Waals surface area (Å²) >= 11 is 6.24. The van der Waals surface area contributed by atoms with Crippen LogP contribution >= 0.6 is 11.6 Å². The summed E-state index contributed by atoms with van der Waals surface area (Å²) in [5.74, 6) is -0.980. The maximum absolute atomic E-state index is 12.6. The molecule has 1 heterocycles. The molecule has 23 heavy (non-hydrogen) atoms. The van der Waals surface area contributed by atoms with Gasteiger partial charge in [0, 0.05) is 30.8 Å². The molecule has 1 N–H and O–H groups in total. The predicted octanol–water partition coefficient (Wildman–Crippen LogP) is 4.15. The van der Waals surface area contributed by atoms with Gasteiger partial charge in [-0.2, -0.15) is 0 Å². The Balaban J connectivity index is 1.98. The number of halogens is 1. The number of ketones is 2. The average molecular weight is 328 g/mol. The Kier molecular flexibility index (Phi) is 4.26. The number of carbonyl (C=O) groups is 2. The fourth-order valence-corrected chi connectivity index (χ4v) is 2.91. The van der Waals surface area contributed by atoms with Gasteiger partial charge in [-0.05, 0) is 41.8 Å². The van der Waals surface area contributed by atoms with Crippen LogP contribution in [0.3, 0.4) is 0 Å². The normalized spacial score (nSPS) is 14.9. The van der Waals surface area contributed by atoms with Gasteiger partial charge in [0.1, 0.15) is 11.3 Å². The topological polar surface area (TPSA) is 67.3 Å². The zero-order chi connectivity index (χ0) is 16.4. The van der Waals surface area contributed by atoms with Crippen LogP contribution in [-0.2, 0) is 4.79 Å². The molecule has 1 aromatic heterocycles. The van der Waals surface area contributed by atoms with E-state index in [2.05, 4.69) is 4.98 Å². The lowest BCUT2D eigenvalue weighted by Gasteiger charge is -2.15. The van der Waals surface area contributed by atoms with Crippen molar-refractivity contribution in [2.45, 2.75) is 19.3 Å². The minimum Gasteiger partial charge on any atom is -0.511 e. The molecule has 1 aliphatic carbocycles. The van der Waals surface area contributed by atoms with Gasteiger partial charge in [0.2, 0.25) is 5.78 Å². The number of pyridine rings is 1. The van der Waals surface area contributed by atoms with Gasteiger partial charge < -0.3 is 5.11 Å². The van der Waals surface area contributed by atoms with Crippen LogP contribution in [0.5, 0.6) is 0 Å². The molecule has 1 aromatic carbocycles. The predicted molar refractivity (Wildman–Crippen MR) is 87.5 cm³/mol. The first-order valence-electron chi connectivity index (χ1n) is 7.28. The summed E-state index contributed by atoms with van der Waals surface area (Å²) < 4.78 is 0. The molecule has 0 saturated heterocycles. The highest BCUT2D eigenvalue weighted by Gasteiger charge is 2.28. The molecule has 5 heteroatoms. The van der Waals surface area contributed by atoms with E-state index in [1.165, 1.54) is 0 Å².